The summed E-state index contributed by atoms with van der Waals surface area (Å²) in [5, 5.41) is 0.536. The first kappa shape index (κ1) is 25.4. The average Bonchev–Trinajstić information content (AvgIpc) is 2.85. The molecule has 0 unspecified atom stereocenters. The molecule has 0 saturated carbocycles. The minimum atomic E-state index is -4.04. The summed E-state index contributed by atoms with van der Waals surface area (Å²) < 4.78 is 28.2. The van der Waals surface area contributed by atoms with Gasteiger partial charge in [-0.15, -0.1) is 0 Å². The molecule has 0 N–H and O–H groups in total. The summed E-state index contributed by atoms with van der Waals surface area (Å²) in [6.07, 6.45) is 0. The topological polar surface area (TPSA) is 60.9 Å². The van der Waals surface area contributed by atoms with Crippen LogP contribution in [-0.4, -0.2) is 51.9 Å². The highest BCUT2D eigenvalue weighted by Crippen LogP contribution is 2.33. The first-order valence-electron chi connectivity index (χ1n) is 11.3. The van der Waals surface area contributed by atoms with Crippen LogP contribution in [0.25, 0.3) is 0 Å². The fraction of sp³-hybridized carbons (Fsp3) is 0.269. The highest BCUT2D eigenvalue weighted by Gasteiger charge is 2.31. The minimum Gasteiger partial charge on any atom is -0.368 e. The average molecular weight is 532 g/mol. The first-order valence-corrected chi connectivity index (χ1v) is 13.5. The molecule has 3 aromatic rings. The van der Waals surface area contributed by atoms with Crippen LogP contribution in [-0.2, 0) is 14.8 Å². The number of halogens is 2. The number of hydrogen-bond donors (Lipinski definition) is 0. The third-order valence-corrected chi connectivity index (χ3v) is 8.65. The molecule has 1 fully saturated rings. The molecule has 3 aromatic carbocycles. The third-order valence-electron chi connectivity index (χ3n) is 6.34. The highest BCUT2D eigenvalue weighted by molar-refractivity contribution is 7.92. The maximum absolute atomic E-state index is 13.5. The second-order valence-electron chi connectivity index (χ2n) is 8.51. The van der Waals surface area contributed by atoms with Crippen molar-refractivity contribution in [1.29, 1.82) is 0 Å². The Hall–Kier alpha value is -2.74. The fourth-order valence-corrected chi connectivity index (χ4v) is 6.22. The quantitative estimate of drug-likeness (QED) is 0.441. The zero-order valence-electron chi connectivity index (χ0n) is 19.6. The number of carbonyl (C=O) groups is 1. The lowest BCUT2D eigenvalue weighted by Gasteiger charge is -2.38. The van der Waals surface area contributed by atoms with Gasteiger partial charge in [0.2, 0.25) is 5.91 Å². The molecular weight excluding hydrogens is 505 g/mol. The summed E-state index contributed by atoms with van der Waals surface area (Å²) in [5.74, 6) is -0.281. The molecule has 1 aliphatic heterocycles. The van der Waals surface area contributed by atoms with E-state index in [2.05, 4.69) is 30.9 Å². The molecular formula is C26H27Cl2N3O3S. The summed E-state index contributed by atoms with van der Waals surface area (Å²) in [4.78, 5) is 17.4. The van der Waals surface area contributed by atoms with Crippen LogP contribution in [0.5, 0.6) is 0 Å². The predicted octanol–water partition coefficient (Wildman–Crippen LogP) is 5.15. The Kier molecular flexibility index (Phi) is 7.59. The van der Waals surface area contributed by atoms with Crippen LogP contribution in [0, 0.1) is 13.8 Å². The summed E-state index contributed by atoms with van der Waals surface area (Å²) in [7, 11) is -4.04. The van der Waals surface area contributed by atoms with Crippen molar-refractivity contribution in [1.82, 2.24) is 4.90 Å². The number of nitrogens with zero attached hydrogens (tertiary/aromatic N) is 3. The van der Waals surface area contributed by atoms with Gasteiger partial charge >= 0.3 is 0 Å². The summed E-state index contributed by atoms with van der Waals surface area (Å²) in [6.45, 7) is 6.17. The van der Waals surface area contributed by atoms with E-state index in [9.17, 15) is 13.2 Å². The maximum Gasteiger partial charge on any atom is 0.264 e. The van der Waals surface area contributed by atoms with Gasteiger partial charge < -0.3 is 9.80 Å². The second kappa shape index (κ2) is 10.5. The van der Waals surface area contributed by atoms with Crippen molar-refractivity contribution in [2.75, 3.05) is 41.9 Å². The molecule has 0 spiro atoms. The number of anilines is 2. The zero-order valence-corrected chi connectivity index (χ0v) is 21.9. The van der Waals surface area contributed by atoms with Gasteiger partial charge in [0.05, 0.1) is 15.6 Å². The molecule has 0 aromatic heterocycles. The molecule has 4 rings (SSSR count). The molecule has 1 amide bonds. The van der Waals surface area contributed by atoms with Gasteiger partial charge in [-0.2, -0.15) is 0 Å². The van der Waals surface area contributed by atoms with E-state index < -0.39 is 10.0 Å². The lowest BCUT2D eigenvalue weighted by molar-refractivity contribution is -0.129. The number of piperazine rings is 1. The molecule has 0 aliphatic carbocycles. The van der Waals surface area contributed by atoms with Crippen molar-refractivity contribution in [3.05, 3.63) is 87.9 Å². The molecule has 1 heterocycles. The van der Waals surface area contributed by atoms with Crippen molar-refractivity contribution in [3.63, 3.8) is 0 Å². The molecule has 9 heteroatoms. The van der Waals surface area contributed by atoms with Crippen LogP contribution in [0.1, 0.15) is 11.1 Å². The van der Waals surface area contributed by atoms with E-state index in [4.69, 9.17) is 23.2 Å². The summed E-state index contributed by atoms with van der Waals surface area (Å²) >= 11 is 12.4. The molecule has 0 radical (unpaired) electrons. The van der Waals surface area contributed by atoms with Crippen LogP contribution in [0.4, 0.5) is 11.4 Å². The Morgan fingerprint density at radius 1 is 0.914 bits per heavy atom. The standard InChI is InChI=1S/C26H27Cl2N3O3S/c1-19-7-6-10-24(20(19)2)29-13-15-30(16-14-29)26(32)18-31(25-12-11-21(27)17-23(25)28)35(33,34)22-8-4-3-5-9-22/h3-12,17H,13-16,18H2,1-2H3. The molecule has 6 nitrogen and oxygen atoms in total. The maximum atomic E-state index is 13.5. The lowest BCUT2D eigenvalue weighted by atomic mass is 10.1. The number of carbonyl (C=O) groups excluding carboxylic acids is 1. The Morgan fingerprint density at radius 3 is 2.26 bits per heavy atom. The van der Waals surface area contributed by atoms with Gasteiger partial charge in [-0.25, -0.2) is 8.42 Å². The number of amides is 1. The van der Waals surface area contributed by atoms with E-state index in [1.54, 1.807) is 29.2 Å². The SMILES string of the molecule is Cc1cccc(N2CCN(C(=O)CN(c3ccc(Cl)cc3Cl)S(=O)(=O)c3ccccc3)CC2)c1C. The van der Waals surface area contributed by atoms with Gasteiger partial charge in [0, 0.05) is 36.9 Å². The second-order valence-corrected chi connectivity index (χ2v) is 11.2. The van der Waals surface area contributed by atoms with Gasteiger partial charge in [-0.05, 0) is 61.4 Å². The monoisotopic (exact) mass is 531 g/mol. The molecule has 35 heavy (non-hydrogen) atoms. The van der Waals surface area contributed by atoms with Crippen molar-refractivity contribution < 1.29 is 13.2 Å². The van der Waals surface area contributed by atoms with Gasteiger partial charge in [0.25, 0.3) is 10.0 Å². The smallest absolute Gasteiger partial charge is 0.264 e. The fourth-order valence-electron chi connectivity index (χ4n) is 4.20. The number of benzene rings is 3. The summed E-state index contributed by atoms with van der Waals surface area (Å²) in [5.41, 5.74) is 3.83. The highest BCUT2D eigenvalue weighted by atomic mass is 35.5. The summed E-state index contributed by atoms with van der Waals surface area (Å²) in [6, 6.07) is 18.8. The minimum absolute atomic E-state index is 0.0820. The van der Waals surface area contributed by atoms with E-state index in [1.807, 2.05) is 6.07 Å². The Bertz CT molecular complexity index is 1320. The zero-order chi connectivity index (χ0) is 25.2. The van der Waals surface area contributed by atoms with E-state index in [-0.39, 0.29) is 28.1 Å². The largest absolute Gasteiger partial charge is 0.368 e. The molecule has 1 saturated heterocycles. The van der Waals surface area contributed by atoms with Crippen LogP contribution in [0.15, 0.2) is 71.6 Å². The van der Waals surface area contributed by atoms with Crippen molar-refractivity contribution in [3.8, 4) is 0 Å². The number of aryl methyl sites for hydroxylation is 1. The van der Waals surface area contributed by atoms with Gasteiger partial charge in [-0.3, -0.25) is 9.10 Å². The Morgan fingerprint density at radius 2 is 1.60 bits per heavy atom. The van der Waals surface area contributed by atoms with E-state index in [1.165, 1.54) is 41.1 Å². The Balaban J connectivity index is 1.56. The van der Waals surface area contributed by atoms with Gasteiger partial charge in [-0.1, -0.05) is 53.5 Å². The predicted molar refractivity (Wildman–Crippen MR) is 142 cm³/mol. The van der Waals surface area contributed by atoms with Gasteiger partial charge in [0.1, 0.15) is 6.54 Å². The van der Waals surface area contributed by atoms with Crippen LogP contribution in [0.3, 0.4) is 0 Å². The lowest BCUT2D eigenvalue weighted by Crippen LogP contribution is -2.52. The van der Waals surface area contributed by atoms with E-state index >= 15 is 0 Å². The van der Waals surface area contributed by atoms with Crippen LogP contribution >= 0.6 is 23.2 Å². The normalized spacial score (nSPS) is 14.2. The van der Waals surface area contributed by atoms with Gasteiger partial charge in [0.15, 0.2) is 0 Å². The molecule has 184 valence electrons. The van der Waals surface area contributed by atoms with E-state index in [0.717, 1.165) is 4.31 Å². The van der Waals surface area contributed by atoms with Crippen molar-refractivity contribution in [2.24, 2.45) is 0 Å². The number of rotatable bonds is 6. The van der Waals surface area contributed by atoms with Crippen molar-refractivity contribution >= 4 is 50.5 Å². The number of sulfonamides is 1. The first-order chi connectivity index (χ1) is 16.7. The van der Waals surface area contributed by atoms with E-state index in [0.29, 0.717) is 31.2 Å². The van der Waals surface area contributed by atoms with Crippen molar-refractivity contribution in [2.45, 2.75) is 18.7 Å². The third kappa shape index (κ3) is 5.42. The molecule has 0 bridgehead atoms. The van der Waals surface area contributed by atoms with Crippen LogP contribution < -0.4 is 9.21 Å². The Labute approximate surface area is 216 Å². The van der Waals surface area contributed by atoms with Crippen LogP contribution in [0.2, 0.25) is 10.0 Å². The molecule has 0 atom stereocenters. The molecule has 1 aliphatic rings. The number of hydrogen-bond acceptors (Lipinski definition) is 4.